The molecule has 0 atom stereocenters. The van der Waals surface area contributed by atoms with Gasteiger partial charge in [0.25, 0.3) is 10.0 Å². The van der Waals surface area contributed by atoms with Gasteiger partial charge in [0, 0.05) is 5.69 Å². The quantitative estimate of drug-likeness (QED) is 0.675. The van der Waals surface area contributed by atoms with Crippen LogP contribution >= 0.6 is 11.6 Å². The summed E-state index contributed by atoms with van der Waals surface area (Å²) in [5.74, 6) is -0.353. The highest BCUT2D eigenvalue weighted by Gasteiger charge is 2.19. The molecule has 0 spiro atoms. The van der Waals surface area contributed by atoms with E-state index in [-0.39, 0.29) is 22.3 Å². The Labute approximate surface area is 155 Å². The van der Waals surface area contributed by atoms with Crippen molar-refractivity contribution in [1.29, 1.82) is 0 Å². The van der Waals surface area contributed by atoms with Crippen molar-refractivity contribution in [3.05, 3.63) is 83.1 Å². The Bertz CT molecular complexity index is 1040. The zero-order chi connectivity index (χ0) is 18.7. The van der Waals surface area contributed by atoms with Gasteiger partial charge in [-0.25, -0.2) is 12.8 Å². The lowest BCUT2D eigenvalue weighted by Gasteiger charge is -2.11. The smallest absolute Gasteiger partial charge is 0.263 e. The van der Waals surface area contributed by atoms with Gasteiger partial charge in [0.15, 0.2) is 0 Å². The third kappa shape index (κ3) is 4.04. The zero-order valence-corrected chi connectivity index (χ0v) is 15.1. The molecule has 26 heavy (non-hydrogen) atoms. The van der Waals surface area contributed by atoms with Gasteiger partial charge < -0.3 is 5.11 Å². The minimum Gasteiger partial charge on any atom is -0.392 e. The number of benzene rings is 3. The van der Waals surface area contributed by atoms with Gasteiger partial charge >= 0.3 is 0 Å². The molecule has 0 bridgehead atoms. The summed E-state index contributed by atoms with van der Waals surface area (Å²) in [7, 11) is -3.90. The van der Waals surface area contributed by atoms with Crippen LogP contribution in [0.2, 0.25) is 5.02 Å². The first-order chi connectivity index (χ1) is 12.4. The van der Waals surface area contributed by atoms with Gasteiger partial charge in [-0.3, -0.25) is 4.72 Å². The molecular weight excluding hydrogens is 377 g/mol. The van der Waals surface area contributed by atoms with Gasteiger partial charge in [-0.05, 0) is 53.1 Å². The number of aliphatic hydroxyl groups is 1. The number of halogens is 2. The van der Waals surface area contributed by atoms with Crippen molar-refractivity contribution >= 4 is 27.3 Å². The molecule has 0 fully saturated rings. The van der Waals surface area contributed by atoms with E-state index in [2.05, 4.69) is 4.72 Å². The predicted molar refractivity (Wildman–Crippen MR) is 100 cm³/mol. The molecule has 0 saturated heterocycles. The Hall–Kier alpha value is -2.41. The van der Waals surface area contributed by atoms with Crippen LogP contribution in [0.4, 0.5) is 10.1 Å². The number of nitrogens with one attached hydrogen (secondary N) is 1. The summed E-state index contributed by atoms with van der Waals surface area (Å²) in [5, 5.41) is 9.21. The van der Waals surface area contributed by atoms with Crippen LogP contribution in [-0.4, -0.2) is 13.5 Å². The van der Waals surface area contributed by atoms with Gasteiger partial charge in [0.05, 0.1) is 11.6 Å². The molecule has 0 amide bonds. The van der Waals surface area contributed by atoms with Crippen LogP contribution in [0.25, 0.3) is 11.1 Å². The van der Waals surface area contributed by atoms with Crippen molar-refractivity contribution in [1.82, 2.24) is 0 Å². The lowest BCUT2D eigenvalue weighted by atomic mass is 10.1. The highest BCUT2D eigenvalue weighted by molar-refractivity contribution is 7.92. The number of anilines is 1. The van der Waals surface area contributed by atoms with E-state index in [0.29, 0.717) is 16.8 Å². The molecule has 3 rings (SSSR count). The fraction of sp³-hybridized carbons (Fsp3) is 0.0526. The summed E-state index contributed by atoms with van der Waals surface area (Å²) >= 11 is 6.19. The molecule has 0 unspecified atom stereocenters. The van der Waals surface area contributed by atoms with Crippen LogP contribution in [0.3, 0.4) is 0 Å². The van der Waals surface area contributed by atoms with E-state index >= 15 is 0 Å². The second-order valence-electron chi connectivity index (χ2n) is 5.62. The minimum absolute atomic E-state index is 0.0534. The third-order valence-electron chi connectivity index (χ3n) is 3.76. The predicted octanol–water partition coefficient (Wildman–Crippen LogP) is 4.44. The summed E-state index contributed by atoms with van der Waals surface area (Å²) in [6, 6.07) is 16.8. The molecule has 2 N–H and O–H groups in total. The molecule has 0 aromatic heterocycles. The molecule has 134 valence electrons. The average Bonchev–Trinajstić information content (AvgIpc) is 2.61. The number of sulfonamides is 1. The standard InChI is InChI=1S/C19H15ClFNO3S/c20-18-11-15(14-4-7-16(21)8-5-14)6-9-19(18)26(24,25)22-17-3-1-2-13(10-17)12-23/h1-11,22-23H,12H2. The van der Waals surface area contributed by atoms with Gasteiger partial charge in [-0.1, -0.05) is 41.9 Å². The van der Waals surface area contributed by atoms with Crippen molar-refractivity contribution < 1.29 is 17.9 Å². The molecule has 0 aliphatic rings. The van der Waals surface area contributed by atoms with Crippen molar-refractivity contribution in [2.24, 2.45) is 0 Å². The zero-order valence-electron chi connectivity index (χ0n) is 13.5. The molecule has 3 aromatic rings. The Morgan fingerprint density at radius 3 is 2.31 bits per heavy atom. The van der Waals surface area contributed by atoms with Crippen LogP contribution in [-0.2, 0) is 16.6 Å². The molecule has 7 heteroatoms. The summed E-state index contributed by atoms with van der Waals surface area (Å²) < 4.78 is 40.7. The second kappa shape index (κ2) is 7.45. The van der Waals surface area contributed by atoms with E-state index in [1.807, 2.05) is 0 Å². The Morgan fingerprint density at radius 2 is 1.65 bits per heavy atom. The van der Waals surface area contributed by atoms with Gasteiger partial charge in [-0.15, -0.1) is 0 Å². The van der Waals surface area contributed by atoms with Gasteiger partial charge in [0.1, 0.15) is 10.7 Å². The van der Waals surface area contributed by atoms with Crippen molar-refractivity contribution in [2.45, 2.75) is 11.5 Å². The summed E-state index contributed by atoms with van der Waals surface area (Å²) in [5.41, 5.74) is 2.32. The van der Waals surface area contributed by atoms with Crippen LogP contribution in [0.5, 0.6) is 0 Å². The van der Waals surface area contributed by atoms with Crippen molar-refractivity contribution in [2.75, 3.05) is 4.72 Å². The molecule has 4 nitrogen and oxygen atoms in total. The van der Waals surface area contributed by atoms with E-state index in [1.165, 1.54) is 24.3 Å². The lowest BCUT2D eigenvalue weighted by molar-refractivity contribution is 0.282. The van der Waals surface area contributed by atoms with Crippen molar-refractivity contribution in [3.63, 3.8) is 0 Å². The molecular formula is C19H15ClFNO3S. The molecule has 0 aliphatic heterocycles. The average molecular weight is 392 g/mol. The molecule has 0 radical (unpaired) electrons. The van der Waals surface area contributed by atoms with Gasteiger partial charge in [-0.2, -0.15) is 0 Å². The third-order valence-corrected chi connectivity index (χ3v) is 5.62. The first-order valence-corrected chi connectivity index (χ1v) is 9.53. The van der Waals surface area contributed by atoms with E-state index in [4.69, 9.17) is 16.7 Å². The normalized spacial score (nSPS) is 11.3. The van der Waals surface area contributed by atoms with Crippen LogP contribution in [0.1, 0.15) is 5.56 Å². The van der Waals surface area contributed by atoms with E-state index < -0.39 is 10.0 Å². The highest BCUT2D eigenvalue weighted by atomic mass is 35.5. The number of rotatable bonds is 5. The van der Waals surface area contributed by atoms with Crippen LogP contribution in [0.15, 0.2) is 71.6 Å². The molecule has 0 heterocycles. The van der Waals surface area contributed by atoms with Crippen LogP contribution in [0, 0.1) is 5.82 Å². The molecule has 3 aromatic carbocycles. The fourth-order valence-corrected chi connectivity index (χ4v) is 4.08. The largest absolute Gasteiger partial charge is 0.392 e. The number of aliphatic hydroxyl groups excluding tert-OH is 1. The monoisotopic (exact) mass is 391 g/mol. The fourth-order valence-electron chi connectivity index (χ4n) is 2.48. The summed E-state index contributed by atoms with van der Waals surface area (Å²) in [6.07, 6.45) is 0. The first kappa shape index (κ1) is 18.4. The number of hydrogen-bond donors (Lipinski definition) is 2. The first-order valence-electron chi connectivity index (χ1n) is 7.67. The maximum absolute atomic E-state index is 13.0. The lowest BCUT2D eigenvalue weighted by Crippen LogP contribution is -2.13. The van der Waals surface area contributed by atoms with E-state index in [1.54, 1.807) is 42.5 Å². The van der Waals surface area contributed by atoms with Gasteiger partial charge in [0.2, 0.25) is 0 Å². The number of hydrogen-bond acceptors (Lipinski definition) is 3. The maximum atomic E-state index is 13.0. The highest BCUT2D eigenvalue weighted by Crippen LogP contribution is 2.29. The topological polar surface area (TPSA) is 66.4 Å². The Balaban J connectivity index is 1.91. The Kier molecular flexibility index (Phi) is 5.27. The SMILES string of the molecule is O=S(=O)(Nc1cccc(CO)c1)c1ccc(-c2ccc(F)cc2)cc1Cl. The van der Waals surface area contributed by atoms with E-state index in [0.717, 1.165) is 5.56 Å². The minimum atomic E-state index is -3.90. The Morgan fingerprint density at radius 1 is 0.962 bits per heavy atom. The van der Waals surface area contributed by atoms with Crippen LogP contribution < -0.4 is 4.72 Å². The van der Waals surface area contributed by atoms with Crippen molar-refractivity contribution in [3.8, 4) is 11.1 Å². The summed E-state index contributed by atoms with van der Waals surface area (Å²) in [4.78, 5) is -0.0700. The maximum Gasteiger partial charge on any atom is 0.263 e. The van der Waals surface area contributed by atoms with E-state index in [9.17, 15) is 12.8 Å². The molecule has 0 saturated carbocycles. The summed E-state index contributed by atoms with van der Waals surface area (Å²) in [6.45, 7) is -0.192. The molecule has 0 aliphatic carbocycles. The second-order valence-corrected chi connectivity index (χ2v) is 7.67.